The number of rotatable bonds is 3. The van der Waals surface area contributed by atoms with Crippen LogP contribution in [0.15, 0.2) is 152 Å². The van der Waals surface area contributed by atoms with Gasteiger partial charge in [0.1, 0.15) is 0 Å². The quantitative estimate of drug-likeness (QED) is 0.188. The molecule has 0 spiro atoms. The molecule has 0 N–H and O–H groups in total. The fourth-order valence-corrected chi connectivity index (χ4v) is 8.66. The third-order valence-corrected chi connectivity index (χ3v) is 10.5. The highest BCUT2D eigenvalue weighted by molar-refractivity contribution is 7.28. The van der Waals surface area contributed by atoms with Gasteiger partial charge in [0.05, 0.1) is 28.6 Å². The maximum atomic E-state index is 5.22. The second-order valence-electron chi connectivity index (χ2n) is 11.7. The van der Waals surface area contributed by atoms with Crippen molar-refractivity contribution in [2.24, 2.45) is 0 Å². The second-order valence-corrected chi connectivity index (χ2v) is 12.8. The van der Waals surface area contributed by atoms with Crippen molar-refractivity contribution >= 4 is 74.9 Å². The van der Waals surface area contributed by atoms with Gasteiger partial charge in [-0.1, -0.05) is 133 Å². The molecule has 0 saturated heterocycles. The molecule has 0 saturated carbocycles. The Hall–Kier alpha value is -5.84. The van der Waals surface area contributed by atoms with E-state index in [-0.39, 0.29) is 0 Å². The number of nitrogens with zero attached hydrogens (tertiary/aromatic N) is 3. The van der Waals surface area contributed by atoms with Crippen LogP contribution in [0, 0.1) is 0 Å². The Kier molecular flexibility index (Phi) is 5.45. The minimum absolute atomic E-state index is 0.717. The van der Waals surface area contributed by atoms with Crippen LogP contribution in [0.3, 0.4) is 0 Å². The molecule has 0 amide bonds. The van der Waals surface area contributed by atoms with Gasteiger partial charge >= 0.3 is 0 Å². The lowest BCUT2D eigenvalue weighted by Gasteiger charge is -2.14. The molecule has 214 valence electrons. The summed E-state index contributed by atoms with van der Waals surface area (Å²) in [5.41, 5.74) is 6.23. The van der Waals surface area contributed by atoms with Crippen molar-refractivity contribution in [2.75, 3.05) is 0 Å². The lowest BCUT2D eigenvalue weighted by molar-refractivity contribution is 1.09. The van der Waals surface area contributed by atoms with Crippen LogP contribution in [-0.4, -0.2) is 14.5 Å². The first-order chi connectivity index (χ1) is 22.8. The molecule has 0 atom stereocenters. The van der Waals surface area contributed by atoms with Gasteiger partial charge in [0, 0.05) is 47.5 Å². The van der Waals surface area contributed by atoms with E-state index >= 15 is 0 Å². The summed E-state index contributed by atoms with van der Waals surface area (Å²) in [6.45, 7) is 0. The van der Waals surface area contributed by atoms with Crippen LogP contribution in [0.25, 0.3) is 91.9 Å². The molecule has 7 aromatic carbocycles. The van der Waals surface area contributed by atoms with E-state index in [1.807, 2.05) is 35.7 Å². The number of fused-ring (bicyclic) bond motifs is 12. The van der Waals surface area contributed by atoms with E-state index in [0.717, 1.165) is 39.4 Å². The SMILES string of the molecule is c1ccc(-c2ncc(-n3c4ccccc4c4c5sc6c7ccccc7c7ccccc7c6c5ccc43)c(-c3ccccc3)n2)cc1. The summed E-state index contributed by atoms with van der Waals surface area (Å²) in [7, 11) is 0. The summed E-state index contributed by atoms with van der Waals surface area (Å²) in [6, 6.07) is 51.8. The molecule has 0 bridgehead atoms. The van der Waals surface area contributed by atoms with E-state index in [2.05, 4.69) is 132 Å². The molecule has 4 heteroatoms. The largest absolute Gasteiger partial charge is 0.306 e. The molecular formula is C42H25N3S. The van der Waals surface area contributed by atoms with Crippen molar-refractivity contribution in [3.05, 3.63) is 152 Å². The first kappa shape index (κ1) is 25.5. The van der Waals surface area contributed by atoms with Gasteiger partial charge in [0.15, 0.2) is 5.82 Å². The maximum Gasteiger partial charge on any atom is 0.159 e. The van der Waals surface area contributed by atoms with Crippen LogP contribution in [0.4, 0.5) is 0 Å². The molecule has 3 nitrogen and oxygen atoms in total. The zero-order valence-electron chi connectivity index (χ0n) is 24.7. The highest BCUT2D eigenvalue weighted by Gasteiger charge is 2.22. The minimum Gasteiger partial charge on any atom is -0.306 e. The predicted molar refractivity (Wildman–Crippen MR) is 195 cm³/mol. The van der Waals surface area contributed by atoms with E-state index in [1.165, 1.54) is 52.5 Å². The number of para-hydroxylation sites is 1. The topological polar surface area (TPSA) is 30.7 Å². The van der Waals surface area contributed by atoms with E-state index in [4.69, 9.17) is 9.97 Å². The van der Waals surface area contributed by atoms with Crippen LogP contribution >= 0.6 is 11.3 Å². The van der Waals surface area contributed by atoms with Gasteiger partial charge in [-0.25, -0.2) is 9.97 Å². The van der Waals surface area contributed by atoms with Crippen molar-refractivity contribution < 1.29 is 0 Å². The zero-order valence-corrected chi connectivity index (χ0v) is 25.5. The number of hydrogen-bond acceptors (Lipinski definition) is 3. The Morgan fingerprint density at radius 3 is 1.78 bits per heavy atom. The van der Waals surface area contributed by atoms with Crippen molar-refractivity contribution in [3.63, 3.8) is 0 Å². The van der Waals surface area contributed by atoms with Gasteiger partial charge in [0.25, 0.3) is 0 Å². The van der Waals surface area contributed by atoms with Gasteiger partial charge in [-0.3, -0.25) is 0 Å². The van der Waals surface area contributed by atoms with Crippen molar-refractivity contribution in [1.29, 1.82) is 0 Å². The second kappa shape index (κ2) is 9.83. The molecule has 0 aliphatic heterocycles. The van der Waals surface area contributed by atoms with Crippen LogP contribution in [0.2, 0.25) is 0 Å². The van der Waals surface area contributed by atoms with Gasteiger partial charge in [-0.15, -0.1) is 11.3 Å². The average molecular weight is 604 g/mol. The minimum atomic E-state index is 0.717. The van der Waals surface area contributed by atoms with Crippen LogP contribution in [0.5, 0.6) is 0 Å². The van der Waals surface area contributed by atoms with E-state index < -0.39 is 0 Å². The molecule has 0 unspecified atom stereocenters. The molecule has 10 aromatic rings. The lowest BCUT2D eigenvalue weighted by atomic mass is 9.97. The Morgan fingerprint density at radius 2 is 1.02 bits per heavy atom. The molecular weight excluding hydrogens is 579 g/mol. The summed E-state index contributed by atoms with van der Waals surface area (Å²) in [4.78, 5) is 10.2. The average Bonchev–Trinajstić information content (AvgIpc) is 3.69. The molecule has 0 aliphatic carbocycles. The zero-order chi connectivity index (χ0) is 30.2. The normalized spacial score (nSPS) is 11.9. The Labute approximate surface area is 268 Å². The van der Waals surface area contributed by atoms with Crippen molar-refractivity contribution in [1.82, 2.24) is 14.5 Å². The van der Waals surface area contributed by atoms with Gasteiger partial charge in [-0.2, -0.15) is 0 Å². The molecule has 3 heterocycles. The molecule has 0 radical (unpaired) electrons. The van der Waals surface area contributed by atoms with Gasteiger partial charge in [-0.05, 0) is 28.3 Å². The number of benzene rings is 7. The fraction of sp³-hybridized carbons (Fsp3) is 0. The highest BCUT2D eigenvalue weighted by Crippen LogP contribution is 2.48. The van der Waals surface area contributed by atoms with Gasteiger partial charge in [0.2, 0.25) is 0 Å². The lowest BCUT2D eigenvalue weighted by Crippen LogP contribution is -2.02. The van der Waals surface area contributed by atoms with Crippen molar-refractivity contribution in [3.8, 4) is 28.3 Å². The van der Waals surface area contributed by atoms with Crippen LogP contribution in [-0.2, 0) is 0 Å². The summed E-state index contributed by atoms with van der Waals surface area (Å²) in [5.74, 6) is 0.717. The Balaban J connectivity index is 1.34. The standard InChI is InChI=1S/C42H25N3S/c1-3-13-26(14-4-1)39-36(25-43-42(44-39)27-15-5-2-6-16-27)45-34-22-12-11-21-32(34)38-35(45)24-23-33-37-30-19-9-7-17-28(30)29-18-8-10-20-31(29)40(37)46-41(33)38/h1-25H. The van der Waals surface area contributed by atoms with E-state index in [0.29, 0.717) is 0 Å². The summed E-state index contributed by atoms with van der Waals surface area (Å²) >= 11 is 1.91. The Bertz CT molecular complexity index is 2790. The number of aromatic nitrogens is 3. The van der Waals surface area contributed by atoms with Crippen molar-refractivity contribution in [2.45, 2.75) is 0 Å². The summed E-state index contributed by atoms with van der Waals surface area (Å²) in [5, 5.41) is 10.4. The monoisotopic (exact) mass is 603 g/mol. The maximum absolute atomic E-state index is 5.22. The number of thiophene rings is 1. The van der Waals surface area contributed by atoms with E-state index in [1.54, 1.807) is 0 Å². The third kappa shape index (κ3) is 3.59. The summed E-state index contributed by atoms with van der Waals surface area (Å²) < 4.78 is 5.02. The first-order valence-corrected chi connectivity index (χ1v) is 16.3. The Morgan fingerprint density at radius 1 is 0.435 bits per heavy atom. The first-order valence-electron chi connectivity index (χ1n) is 15.5. The van der Waals surface area contributed by atoms with Gasteiger partial charge < -0.3 is 4.57 Å². The van der Waals surface area contributed by atoms with Crippen LogP contribution in [0.1, 0.15) is 0 Å². The van der Waals surface area contributed by atoms with E-state index in [9.17, 15) is 0 Å². The molecule has 3 aromatic heterocycles. The fourth-order valence-electron chi connectivity index (χ4n) is 7.25. The molecule has 0 aliphatic rings. The molecule has 0 fully saturated rings. The molecule has 46 heavy (non-hydrogen) atoms. The smallest absolute Gasteiger partial charge is 0.159 e. The summed E-state index contributed by atoms with van der Waals surface area (Å²) in [6.07, 6.45) is 2.00. The van der Waals surface area contributed by atoms with Crippen LogP contribution < -0.4 is 0 Å². The number of hydrogen-bond donors (Lipinski definition) is 0. The molecule has 10 rings (SSSR count). The predicted octanol–water partition coefficient (Wildman–Crippen LogP) is 11.6. The third-order valence-electron chi connectivity index (χ3n) is 9.24. The highest BCUT2D eigenvalue weighted by atomic mass is 32.1.